The normalized spacial score (nSPS) is 10.2. The number of carbonyl (C=O) groups is 2. The van der Waals surface area contributed by atoms with Crippen LogP contribution in [0.5, 0.6) is 11.5 Å². The van der Waals surface area contributed by atoms with Crippen LogP contribution < -0.4 is 15.8 Å². The van der Waals surface area contributed by atoms with E-state index < -0.39 is 5.91 Å². The molecular formula is C20H15ClN2O3. The lowest BCUT2D eigenvalue weighted by Gasteiger charge is -2.09. The molecule has 0 aliphatic rings. The second kappa shape index (κ2) is 7.72. The molecule has 0 heterocycles. The van der Waals surface area contributed by atoms with Gasteiger partial charge in [-0.1, -0.05) is 35.9 Å². The van der Waals surface area contributed by atoms with E-state index in [1.54, 1.807) is 30.3 Å². The van der Waals surface area contributed by atoms with Crippen LogP contribution >= 0.6 is 11.6 Å². The third-order valence-electron chi connectivity index (χ3n) is 3.56. The summed E-state index contributed by atoms with van der Waals surface area (Å²) in [6, 6.07) is 20.6. The van der Waals surface area contributed by atoms with Crippen molar-refractivity contribution in [3.63, 3.8) is 0 Å². The summed E-state index contributed by atoms with van der Waals surface area (Å²) in [6.07, 6.45) is 0. The Balaban J connectivity index is 1.77. The summed E-state index contributed by atoms with van der Waals surface area (Å²) in [6.45, 7) is 0. The Hall–Kier alpha value is -3.31. The number of hydrogen-bond acceptors (Lipinski definition) is 3. The van der Waals surface area contributed by atoms with Crippen molar-refractivity contribution in [2.75, 3.05) is 5.32 Å². The molecule has 0 bridgehead atoms. The van der Waals surface area contributed by atoms with E-state index in [0.29, 0.717) is 22.7 Å². The maximum atomic E-state index is 12.5. The number of hydrogen-bond donors (Lipinski definition) is 2. The van der Waals surface area contributed by atoms with Gasteiger partial charge in [-0.2, -0.15) is 0 Å². The standard InChI is InChI=1S/C20H15ClN2O3/c21-18-10-9-14(12-17(18)19(22)24)23-20(25)13-5-4-8-16(11-13)26-15-6-2-1-3-7-15/h1-12H,(H2,22,24)(H,23,25). The molecule has 5 nitrogen and oxygen atoms in total. The van der Waals surface area contributed by atoms with Crippen LogP contribution in [0.2, 0.25) is 5.02 Å². The van der Waals surface area contributed by atoms with E-state index in [4.69, 9.17) is 22.1 Å². The van der Waals surface area contributed by atoms with Crippen LogP contribution in [0.25, 0.3) is 0 Å². The Morgan fingerprint density at radius 3 is 2.35 bits per heavy atom. The Kier molecular flexibility index (Phi) is 5.20. The quantitative estimate of drug-likeness (QED) is 0.698. The minimum Gasteiger partial charge on any atom is -0.457 e. The molecule has 0 fully saturated rings. The van der Waals surface area contributed by atoms with Crippen LogP contribution in [0.3, 0.4) is 0 Å². The van der Waals surface area contributed by atoms with Crippen molar-refractivity contribution < 1.29 is 14.3 Å². The van der Waals surface area contributed by atoms with Gasteiger partial charge in [-0.3, -0.25) is 9.59 Å². The van der Waals surface area contributed by atoms with Gasteiger partial charge in [0.15, 0.2) is 0 Å². The molecule has 0 saturated carbocycles. The van der Waals surface area contributed by atoms with Crippen molar-refractivity contribution in [3.05, 3.63) is 88.9 Å². The first-order chi connectivity index (χ1) is 12.5. The molecule has 0 spiro atoms. The predicted molar refractivity (Wildman–Crippen MR) is 101 cm³/mol. The number of amides is 2. The summed E-state index contributed by atoms with van der Waals surface area (Å²) in [7, 11) is 0. The number of para-hydroxylation sites is 1. The number of nitrogens with two attached hydrogens (primary N) is 1. The van der Waals surface area contributed by atoms with Gasteiger partial charge in [-0.25, -0.2) is 0 Å². The molecule has 3 aromatic rings. The topological polar surface area (TPSA) is 81.4 Å². The van der Waals surface area contributed by atoms with Gasteiger partial charge in [-0.15, -0.1) is 0 Å². The summed E-state index contributed by atoms with van der Waals surface area (Å²) in [5, 5.41) is 2.94. The second-order valence-electron chi connectivity index (χ2n) is 5.46. The predicted octanol–water partition coefficient (Wildman–Crippen LogP) is 4.48. The van der Waals surface area contributed by atoms with Crippen LogP contribution in [0.1, 0.15) is 20.7 Å². The molecule has 3 N–H and O–H groups in total. The van der Waals surface area contributed by atoms with E-state index in [0.717, 1.165) is 0 Å². The molecule has 0 aromatic heterocycles. The third-order valence-corrected chi connectivity index (χ3v) is 3.89. The van der Waals surface area contributed by atoms with Gasteiger partial charge < -0.3 is 15.8 Å². The van der Waals surface area contributed by atoms with Crippen molar-refractivity contribution in [2.45, 2.75) is 0 Å². The van der Waals surface area contributed by atoms with Gasteiger partial charge in [0.05, 0.1) is 10.6 Å². The molecule has 3 aromatic carbocycles. The molecule has 2 amide bonds. The molecule has 26 heavy (non-hydrogen) atoms. The van der Waals surface area contributed by atoms with Gasteiger partial charge in [-0.05, 0) is 48.5 Å². The molecule has 0 aliphatic carbocycles. The molecule has 6 heteroatoms. The van der Waals surface area contributed by atoms with E-state index >= 15 is 0 Å². The SMILES string of the molecule is NC(=O)c1cc(NC(=O)c2cccc(Oc3ccccc3)c2)ccc1Cl. The fourth-order valence-corrected chi connectivity index (χ4v) is 2.53. The maximum absolute atomic E-state index is 12.5. The zero-order chi connectivity index (χ0) is 18.5. The van der Waals surface area contributed by atoms with Crippen LogP contribution in [0.4, 0.5) is 5.69 Å². The lowest BCUT2D eigenvalue weighted by molar-refractivity contribution is 0.0996. The monoisotopic (exact) mass is 366 g/mol. The average molecular weight is 367 g/mol. The van der Waals surface area contributed by atoms with Gasteiger partial charge in [0.1, 0.15) is 11.5 Å². The zero-order valence-corrected chi connectivity index (χ0v) is 14.4. The minimum atomic E-state index is -0.663. The first kappa shape index (κ1) is 17.5. The molecule has 0 aliphatic heterocycles. The van der Waals surface area contributed by atoms with E-state index in [9.17, 15) is 9.59 Å². The van der Waals surface area contributed by atoms with Crippen LogP contribution in [-0.4, -0.2) is 11.8 Å². The number of benzene rings is 3. The minimum absolute atomic E-state index is 0.144. The summed E-state index contributed by atoms with van der Waals surface area (Å²) in [5.74, 6) is 0.206. The van der Waals surface area contributed by atoms with E-state index in [-0.39, 0.29) is 16.5 Å². The smallest absolute Gasteiger partial charge is 0.255 e. The summed E-state index contributed by atoms with van der Waals surface area (Å²) >= 11 is 5.91. The van der Waals surface area contributed by atoms with Gasteiger partial charge >= 0.3 is 0 Å². The first-order valence-corrected chi connectivity index (χ1v) is 8.14. The zero-order valence-electron chi connectivity index (χ0n) is 13.6. The highest BCUT2D eigenvalue weighted by molar-refractivity contribution is 6.34. The molecule has 130 valence electrons. The maximum Gasteiger partial charge on any atom is 0.255 e. The molecule has 0 atom stereocenters. The number of halogens is 1. The van der Waals surface area contributed by atoms with E-state index in [1.807, 2.05) is 30.3 Å². The first-order valence-electron chi connectivity index (χ1n) is 7.76. The van der Waals surface area contributed by atoms with E-state index in [1.165, 1.54) is 12.1 Å². The summed E-state index contributed by atoms with van der Waals surface area (Å²) in [4.78, 5) is 23.8. The number of carbonyl (C=O) groups excluding carboxylic acids is 2. The highest BCUT2D eigenvalue weighted by atomic mass is 35.5. The number of primary amides is 1. The Morgan fingerprint density at radius 1 is 0.885 bits per heavy atom. The van der Waals surface area contributed by atoms with Crippen LogP contribution in [-0.2, 0) is 0 Å². The molecular weight excluding hydrogens is 352 g/mol. The third kappa shape index (κ3) is 4.20. The fraction of sp³-hybridized carbons (Fsp3) is 0. The average Bonchev–Trinajstić information content (AvgIpc) is 2.64. The van der Waals surface area contributed by atoms with Crippen molar-refractivity contribution in [1.29, 1.82) is 0 Å². The second-order valence-corrected chi connectivity index (χ2v) is 5.86. The molecule has 0 unspecified atom stereocenters. The summed E-state index contributed by atoms with van der Waals surface area (Å²) < 4.78 is 5.73. The number of rotatable bonds is 5. The van der Waals surface area contributed by atoms with Crippen molar-refractivity contribution in [2.24, 2.45) is 5.73 Å². The van der Waals surface area contributed by atoms with Gasteiger partial charge in [0.2, 0.25) is 5.91 Å². The van der Waals surface area contributed by atoms with Gasteiger partial charge in [0, 0.05) is 11.3 Å². The lowest BCUT2D eigenvalue weighted by atomic mass is 10.1. The number of nitrogens with one attached hydrogen (secondary N) is 1. The van der Waals surface area contributed by atoms with Crippen molar-refractivity contribution in [3.8, 4) is 11.5 Å². The highest BCUT2D eigenvalue weighted by Gasteiger charge is 2.11. The van der Waals surface area contributed by atoms with Crippen molar-refractivity contribution >= 4 is 29.1 Å². The van der Waals surface area contributed by atoms with Crippen molar-refractivity contribution in [1.82, 2.24) is 0 Å². The Bertz CT molecular complexity index is 958. The molecule has 3 rings (SSSR count). The molecule has 0 radical (unpaired) electrons. The Labute approximate surface area is 155 Å². The van der Waals surface area contributed by atoms with Crippen LogP contribution in [0, 0.1) is 0 Å². The Morgan fingerprint density at radius 2 is 1.62 bits per heavy atom. The number of ether oxygens (including phenoxy) is 1. The lowest BCUT2D eigenvalue weighted by Crippen LogP contribution is -2.15. The number of anilines is 1. The molecule has 0 saturated heterocycles. The highest BCUT2D eigenvalue weighted by Crippen LogP contribution is 2.23. The largest absolute Gasteiger partial charge is 0.457 e. The van der Waals surface area contributed by atoms with Gasteiger partial charge in [0.25, 0.3) is 5.91 Å². The summed E-state index contributed by atoms with van der Waals surface area (Å²) in [5.41, 5.74) is 6.24. The fourth-order valence-electron chi connectivity index (χ4n) is 2.32. The van der Waals surface area contributed by atoms with Crippen LogP contribution in [0.15, 0.2) is 72.8 Å². The van der Waals surface area contributed by atoms with E-state index in [2.05, 4.69) is 5.32 Å².